The predicted octanol–water partition coefficient (Wildman–Crippen LogP) is 4.04. The fourth-order valence-corrected chi connectivity index (χ4v) is 2.64. The van der Waals surface area contributed by atoms with Crippen LogP contribution in [0.1, 0.15) is 37.8 Å². The first-order valence-electron chi connectivity index (χ1n) is 7.15. The molecule has 1 atom stereocenters. The van der Waals surface area contributed by atoms with Gasteiger partial charge in [-0.1, -0.05) is 42.8 Å². The van der Waals surface area contributed by atoms with Gasteiger partial charge in [-0.25, -0.2) is 0 Å². The number of hydrogen-bond acceptors (Lipinski definition) is 2. The second-order valence-corrected chi connectivity index (χ2v) is 5.60. The first kappa shape index (κ1) is 12.5. The van der Waals surface area contributed by atoms with E-state index in [9.17, 15) is 0 Å². The van der Waals surface area contributed by atoms with Gasteiger partial charge in [0.15, 0.2) is 0 Å². The summed E-state index contributed by atoms with van der Waals surface area (Å²) in [4.78, 5) is 0. The van der Waals surface area contributed by atoms with Crippen molar-refractivity contribution in [3.63, 3.8) is 0 Å². The van der Waals surface area contributed by atoms with Crippen molar-refractivity contribution in [2.75, 3.05) is 6.61 Å². The van der Waals surface area contributed by atoms with Crippen molar-refractivity contribution in [3.8, 4) is 5.75 Å². The van der Waals surface area contributed by atoms with Gasteiger partial charge in [-0.15, -0.1) is 0 Å². The zero-order chi connectivity index (χ0) is 13.2. The van der Waals surface area contributed by atoms with E-state index in [1.54, 1.807) is 0 Å². The van der Waals surface area contributed by atoms with Crippen molar-refractivity contribution < 1.29 is 4.74 Å². The molecule has 0 heterocycles. The minimum absolute atomic E-state index is 0.000923. The van der Waals surface area contributed by atoms with Crippen molar-refractivity contribution in [1.82, 2.24) is 0 Å². The largest absolute Gasteiger partial charge is 0.492 e. The van der Waals surface area contributed by atoms with Crippen molar-refractivity contribution in [1.29, 1.82) is 0 Å². The van der Waals surface area contributed by atoms with E-state index in [0.29, 0.717) is 0 Å². The molecule has 100 valence electrons. The summed E-state index contributed by atoms with van der Waals surface area (Å²) >= 11 is 0. The molecule has 0 bridgehead atoms. The smallest absolute Gasteiger partial charge is 0.131 e. The molecule has 1 aliphatic carbocycles. The molecule has 3 rings (SSSR count). The van der Waals surface area contributed by atoms with E-state index in [1.165, 1.54) is 30.0 Å². The lowest BCUT2D eigenvalue weighted by molar-refractivity contribution is 0.180. The van der Waals surface area contributed by atoms with Gasteiger partial charge in [0, 0.05) is 17.0 Å². The summed E-state index contributed by atoms with van der Waals surface area (Å²) in [5.74, 6) is 1.72. The monoisotopic (exact) mass is 255 g/mol. The molecule has 1 fully saturated rings. The van der Waals surface area contributed by atoms with Crippen LogP contribution in [0.25, 0.3) is 10.8 Å². The van der Waals surface area contributed by atoms with Gasteiger partial charge in [0.1, 0.15) is 5.75 Å². The van der Waals surface area contributed by atoms with Crippen LogP contribution in [-0.2, 0) is 0 Å². The molecule has 2 aromatic carbocycles. The van der Waals surface area contributed by atoms with E-state index in [2.05, 4.69) is 36.4 Å². The zero-order valence-corrected chi connectivity index (χ0v) is 11.4. The van der Waals surface area contributed by atoms with Gasteiger partial charge < -0.3 is 10.5 Å². The quantitative estimate of drug-likeness (QED) is 0.895. The Kier molecular flexibility index (Phi) is 3.43. The molecule has 0 aliphatic heterocycles. The van der Waals surface area contributed by atoms with E-state index in [0.717, 1.165) is 23.8 Å². The van der Waals surface area contributed by atoms with Gasteiger partial charge in [0.25, 0.3) is 0 Å². The Morgan fingerprint density at radius 2 is 2.00 bits per heavy atom. The highest BCUT2D eigenvalue weighted by Crippen LogP contribution is 2.35. The summed E-state index contributed by atoms with van der Waals surface area (Å²) in [5.41, 5.74) is 7.19. The lowest BCUT2D eigenvalue weighted by atomic mass is 9.86. The van der Waals surface area contributed by atoms with Crippen LogP contribution < -0.4 is 10.5 Å². The number of nitrogens with two attached hydrogens (primary N) is 1. The molecule has 2 aromatic rings. The number of ether oxygens (including phenoxy) is 1. The Bertz CT molecular complexity index is 572. The predicted molar refractivity (Wildman–Crippen MR) is 79.4 cm³/mol. The van der Waals surface area contributed by atoms with Crippen LogP contribution >= 0.6 is 0 Å². The van der Waals surface area contributed by atoms with Crippen LogP contribution in [0.3, 0.4) is 0 Å². The van der Waals surface area contributed by atoms with Crippen LogP contribution in [-0.4, -0.2) is 6.61 Å². The molecule has 2 nitrogen and oxygen atoms in total. The van der Waals surface area contributed by atoms with E-state index in [1.807, 2.05) is 6.92 Å². The molecular weight excluding hydrogens is 234 g/mol. The van der Waals surface area contributed by atoms with Crippen LogP contribution in [0.2, 0.25) is 0 Å². The molecule has 0 amide bonds. The highest BCUT2D eigenvalue weighted by Gasteiger charge is 2.20. The minimum atomic E-state index is 0.000923. The molecule has 0 unspecified atom stereocenters. The average Bonchev–Trinajstić information content (AvgIpc) is 2.36. The molecule has 0 spiro atoms. The van der Waals surface area contributed by atoms with Gasteiger partial charge in [-0.05, 0) is 31.1 Å². The lowest BCUT2D eigenvalue weighted by Gasteiger charge is -2.26. The maximum atomic E-state index is 6.14. The number of benzene rings is 2. The van der Waals surface area contributed by atoms with Crippen molar-refractivity contribution in [3.05, 3.63) is 42.0 Å². The minimum Gasteiger partial charge on any atom is -0.492 e. The van der Waals surface area contributed by atoms with Crippen molar-refractivity contribution >= 4 is 10.8 Å². The number of hydrogen-bond donors (Lipinski definition) is 1. The summed E-state index contributed by atoms with van der Waals surface area (Å²) in [6.45, 7) is 2.84. The highest BCUT2D eigenvalue weighted by atomic mass is 16.5. The van der Waals surface area contributed by atoms with Gasteiger partial charge in [0.05, 0.1) is 6.61 Å². The fraction of sp³-hybridized carbons (Fsp3) is 0.412. The van der Waals surface area contributed by atoms with Gasteiger partial charge in [0.2, 0.25) is 0 Å². The van der Waals surface area contributed by atoms with Gasteiger partial charge in [-0.2, -0.15) is 0 Å². The Morgan fingerprint density at radius 3 is 2.68 bits per heavy atom. The molecule has 2 N–H and O–H groups in total. The first-order valence-corrected chi connectivity index (χ1v) is 7.15. The second-order valence-electron chi connectivity index (χ2n) is 5.60. The zero-order valence-electron chi connectivity index (χ0n) is 11.4. The van der Waals surface area contributed by atoms with Crippen molar-refractivity contribution in [2.45, 2.75) is 32.2 Å². The molecule has 1 saturated carbocycles. The fourth-order valence-electron chi connectivity index (χ4n) is 2.64. The normalized spacial score (nSPS) is 17.2. The molecule has 19 heavy (non-hydrogen) atoms. The maximum absolute atomic E-state index is 6.14. The summed E-state index contributed by atoms with van der Waals surface area (Å²) in [5, 5.41) is 2.40. The number of rotatable bonds is 4. The molecule has 1 aliphatic rings. The van der Waals surface area contributed by atoms with Crippen molar-refractivity contribution in [2.24, 2.45) is 11.7 Å². The van der Waals surface area contributed by atoms with Gasteiger partial charge >= 0.3 is 0 Å². The summed E-state index contributed by atoms with van der Waals surface area (Å²) in [6, 6.07) is 12.6. The SMILES string of the molecule is C[C@@H](N)c1ccc2ccccc2c1OCC1CCC1. The Balaban J connectivity index is 1.98. The second kappa shape index (κ2) is 5.22. The molecule has 0 saturated heterocycles. The maximum Gasteiger partial charge on any atom is 0.131 e. The van der Waals surface area contributed by atoms with E-state index < -0.39 is 0 Å². The molecular formula is C17H21NO. The Labute approximate surface area is 114 Å². The van der Waals surface area contributed by atoms with Crippen LogP contribution in [0.4, 0.5) is 0 Å². The topological polar surface area (TPSA) is 35.2 Å². The molecule has 0 aromatic heterocycles. The van der Waals surface area contributed by atoms with Crippen LogP contribution in [0, 0.1) is 5.92 Å². The lowest BCUT2D eigenvalue weighted by Crippen LogP contribution is -2.20. The Hall–Kier alpha value is -1.54. The van der Waals surface area contributed by atoms with Crippen LogP contribution in [0.5, 0.6) is 5.75 Å². The number of fused-ring (bicyclic) bond motifs is 1. The summed E-state index contributed by atoms with van der Waals surface area (Å²) < 4.78 is 6.14. The van der Waals surface area contributed by atoms with Gasteiger partial charge in [-0.3, -0.25) is 0 Å². The third-order valence-corrected chi connectivity index (χ3v) is 4.09. The van der Waals surface area contributed by atoms with Crippen LogP contribution in [0.15, 0.2) is 36.4 Å². The van der Waals surface area contributed by atoms with E-state index in [-0.39, 0.29) is 6.04 Å². The standard InChI is InChI=1S/C17H21NO/c1-12(18)15-10-9-14-7-2-3-8-16(14)17(15)19-11-13-5-4-6-13/h2-3,7-10,12-13H,4-6,11,18H2,1H3/t12-/m1/s1. The molecule has 2 heteroatoms. The third-order valence-electron chi connectivity index (χ3n) is 4.09. The Morgan fingerprint density at radius 1 is 1.21 bits per heavy atom. The average molecular weight is 255 g/mol. The summed E-state index contributed by atoms with van der Waals surface area (Å²) in [6.07, 6.45) is 3.96. The molecule has 0 radical (unpaired) electrons. The van der Waals surface area contributed by atoms with E-state index >= 15 is 0 Å². The first-order chi connectivity index (χ1) is 9.25. The van der Waals surface area contributed by atoms with E-state index in [4.69, 9.17) is 10.5 Å². The highest BCUT2D eigenvalue weighted by molar-refractivity contribution is 5.89. The summed E-state index contributed by atoms with van der Waals surface area (Å²) in [7, 11) is 0. The third kappa shape index (κ3) is 2.45.